The lowest BCUT2D eigenvalue weighted by Gasteiger charge is -2.10. The lowest BCUT2D eigenvalue weighted by molar-refractivity contribution is 1.05. The third kappa shape index (κ3) is 2.74. The Morgan fingerprint density at radius 3 is 2.67 bits per heavy atom. The first-order valence-electron chi connectivity index (χ1n) is 6.83. The molecule has 0 amide bonds. The van der Waals surface area contributed by atoms with Crippen molar-refractivity contribution in [2.45, 2.75) is 13.8 Å². The largest absolute Gasteiger partial charge is 0.369 e. The number of rotatable bonds is 3. The highest BCUT2D eigenvalue weighted by Gasteiger charge is 2.11. The number of para-hydroxylation sites is 1. The number of benzene rings is 1. The predicted molar refractivity (Wildman–Crippen MR) is 89.4 cm³/mol. The Bertz CT molecular complexity index is 801. The van der Waals surface area contributed by atoms with Crippen LogP contribution in [0.25, 0.3) is 22.4 Å². The minimum atomic E-state index is 0.636. The monoisotopic (exact) mass is 342 g/mol. The zero-order valence-corrected chi connectivity index (χ0v) is 13.5. The highest BCUT2D eigenvalue weighted by atomic mass is 79.9. The zero-order valence-electron chi connectivity index (χ0n) is 11.9. The van der Waals surface area contributed by atoms with Crippen LogP contribution in [0.15, 0.2) is 40.9 Å². The molecule has 0 aliphatic rings. The van der Waals surface area contributed by atoms with Gasteiger partial charge >= 0.3 is 0 Å². The van der Waals surface area contributed by atoms with Crippen LogP contribution in [0.2, 0.25) is 0 Å². The quantitative estimate of drug-likeness (QED) is 0.775. The second kappa shape index (κ2) is 5.77. The lowest BCUT2D eigenvalue weighted by Crippen LogP contribution is -2.05. The Kier molecular flexibility index (Phi) is 3.84. The number of fused-ring (bicyclic) bond motifs is 1. The molecule has 0 aliphatic heterocycles. The highest BCUT2D eigenvalue weighted by molar-refractivity contribution is 9.10. The van der Waals surface area contributed by atoms with Crippen LogP contribution in [0.5, 0.6) is 0 Å². The van der Waals surface area contributed by atoms with Crippen molar-refractivity contribution in [2.75, 3.05) is 11.9 Å². The van der Waals surface area contributed by atoms with E-state index in [1.165, 1.54) is 0 Å². The Morgan fingerprint density at radius 1 is 1.05 bits per heavy atom. The van der Waals surface area contributed by atoms with Crippen LogP contribution in [0.3, 0.4) is 0 Å². The maximum Gasteiger partial charge on any atom is 0.180 e. The van der Waals surface area contributed by atoms with Crippen molar-refractivity contribution < 1.29 is 0 Å². The van der Waals surface area contributed by atoms with E-state index >= 15 is 0 Å². The van der Waals surface area contributed by atoms with E-state index in [0.29, 0.717) is 5.82 Å². The van der Waals surface area contributed by atoms with Gasteiger partial charge in [0.15, 0.2) is 5.82 Å². The summed E-state index contributed by atoms with van der Waals surface area (Å²) < 4.78 is 0.897. The molecule has 3 aromatic rings. The molecule has 2 aromatic heterocycles. The molecule has 4 nitrogen and oxygen atoms in total. The molecule has 0 aliphatic carbocycles. The van der Waals surface area contributed by atoms with Crippen LogP contribution >= 0.6 is 15.9 Å². The fourth-order valence-electron chi connectivity index (χ4n) is 2.15. The summed E-state index contributed by atoms with van der Waals surface area (Å²) in [5, 5.41) is 4.35. The Morgan fingerprint density at radius 2 is 1.86 bits per heavy atom. The normalized spacial score (nSPS) is 10.8. The topological polar surface area (TPSA) is 50.7 Å². The van der Waals surface area contributed by atoms with Gasteiger partial charge in [0.25, 0.3) is 0 Å². The Hall–Kier alpha value is -2.01. The second-order valence-corrected chi connectivity index (χ2v) is 5.51. The molecule has 0 atom stereocenters. The van der Waals surface area contributed by atoms with Gasteiger partial charge in [0.05, 0.1) is 15.7 Å². The van der Waals surface area contributed by atoms with Gasteiger partial charge in [-0.1, -0.05) is 24.3 Å². The molecule has 106 valence electrons. The minimum absolute atomic E-state index is 0.636. The van der Waals surface area contributed by atoms with Crippen LogP contribution in [-0.4, -0.2) is 21.5 Å². The van der Waals surface area contributed by atoms with Crippen LogP contribution in [0.1, 0.15) is 12.6 Å². The first-order chi connectivity index (χ1) is 10.2. The molecule has 0 bridgehead atoms. The Balaban J connectivity index is 2.13. The third-order valence-corrected chi connectivity index (χ3v) is 4.14. The van der Waals surface area contributed by atoms with Crippen molar-refractivity contribution in [3.63, 3.8) is 0 Å². The summed E-state index contributed by atoms with van der Waals surface area (Å²) in [6, 6.07) is 12.0. The fourth-order valence-corrected chi connectivity index (χ4v) is 2.47. The van der Waals surface area contributed by atoms with Crippen molar-refractivity contribution in [1.82, 2.24) is 15.0 Å². The molecular weight excluding hydrogens is 328 g/mol. The molecule has 0 spiro atoms. The molecule has 5 heteroatoms. The number of halogens is 1. The maximum atomic E-state index is 4.65. The maximum absolute atomic E-state index is 4.65. The summed E-state index contributed by atoms with van der Waals surface area (Å²) in [5.41, 5.74) is 2.62. The van der Waals surface area contributed by atoms with Crippen LogP contribution < -0.4 is 5.32 Å². The van der Waals surface area contributed by atoms with Crippen LogP contribution in [-0.2, 0) is 0 Å². The van der Waals surface area contributed by atoms with Crippen molar-refractivity contribution in [1.29, 1.82) is 0 Å². The van der Waals surface area contributed by atoms with E-state index < -0.39 is 0 Å². The number of pyridine rings is 1. The van der Waals surface area contributed by atoms with Crippen LogP contribution in [0.4, 0.5) is 5.82 Å². The standard InChI is InChI=1S/C16H15BrN4/c1-3-18-16-14(17)10(2)19-15(21-16)13-9-8-11-6-4-5-7-12(11)20-13/h4-9H,3H2,1-2H3,(H,18,19,21). The minimum Gasteiger partial charge on any atom is -0.369 e. The molecule has 2 heterocycles. The average molecular weight is 343 g/mol. The summed E-state index contributed by atoms with van der Waals surface area (Å²) in [4.78, 5) is 13.7. The van der Waals surface area contributed by atoms with E-state index in [0.717, 1.165) is 39.1 Å². The Labute approximate surface area is 131 Å². The van der Waals surface area contributed by atoms with Gasteiger partial charge in [0.2, 0.25) is 0 Å². The lowest BCUT2D eigenvalue weighted by atomic mass is 10.2. The molecule has 0 saturated heterocycles. The predicted octanol–water partition coefficient (Wildman–Crippen LogP) is 4.19. The number of nitrogens with zero attached hydrogens (tertiary/aromatic N) is 3. The number of hydrogen-bond donors (Lipinski definition) is 1. The van der Waals surface area contributed by atoms with Gasteiger partial charge in [-0.05, 0) is 41.9 Å². The first kappa shape index (κ1) is 13.9. The van der Waals surface area contributed by atoms with Gasteiger partial charge in [0, 0.05) is 11.9 Å². The third-order valence-electron chi connectivity index (χ3n) is 3.19. The molecule has 0 unspecified atom stereocenters. The average Bonchev–Trinajstić information content (AvgIpc) is 2.51. The SMILES string of the molecule is CCNc1nc(-c2ccc3ccccc3n2)nc(C)c1Br. The van der Waals surface area contributed by atoms with E-state index in [1.807, 2.05) is 50.2 Å². The van der Waals surface area contributed by atoms with Gasteiger partial charge < -0.3 is 5.32 Å². The second-order valence-electron chi connectivity index (χ2n) is 4.71. The molecule has 3 rings (SSSR count). The first-order valence-corrected chi connectivity index (χ1v) is 7.62. The number of aromatic nitrogens is 3. The molecule has 1 aromatic carbocycles. The molecule has 0 fully saturated rings. The van der Waals surface area contributed by atoms with Crippen LogP contribution in [0, 0.1) is 6.92 Å². The molecular formula is C16H15BrN4. The van der Waals surface area contributed by atoms with Gasteiger partial charge in [-0.2, -0.15) is 0 Å². The number of aryl methyl sites for hydroxylation is 1. The highest BCUT2D eigenvalue weighted by Crippen LogP contribution is 2.26. The summed E-state index contributed by atoms with van der Waals surface area (Å²) in [6.07, 6.45) is 0. The van der Waals surface area contributed by atoms with Crippen molar-refractivity contribution in [3.8, 4) is 11.5 Å². The van der Waals surface area contributed by atoms with E-state index in [-0.39, 0.29) is 0 Å². The number of anilines is 1. The summed E-state index contributed by atoms with van der Waals surface area (Å²) in [7, 11) is 0. The molecule has 0 saturated carbocycles. The number of nitrogens with one attached hydrogen (secondary N) is 1. The smallest absolute Gasteiger partial charge is 0.180 e. The number of hydrogen-bond acceptors (Lipinski definition) is 4. The van der Waals surface area contributed by atoms with Crippen molar-refractivity contribution in [3.05, 3.63) is 46.6 Å². The zero-order chi connectivity index (χ0) is 14.8. The van der Waals surface area contributed by atoms with Gasteiger partial charge in [-0.15, -0.1) is 0 Å². The van der Waals surface area contributed by atoms with Gasteiger partial charge in [-0.25, -0.2) is 15.0 Å². The molecule has 21 heavy (non-hydrogen) atoms. The van der Waals surface area contributed by atoms with Gasteiger partial charge in [0.1, 0.15) is 11.5 Å². The van der Waals surface area contributed by atoms with E-state index in [1.54, 1.807) is 0 Å². The van der Waals surface area contributed by atoms with E-state index in [2.05, 4.69) is 36.2 Å². The summed E-state index contributed by atoms with van der Waals surface area (Å²) in [6.45, 7) is 4.80. The summed E-state index contributed by atoms with van der Waals surface area (Å²) >= 11 is 3.52. The van der Waals surface area contributed by atoms with E-state index in [9.17, 15) is 0 Å². The fraction of sp³-hybridized carbons (Fsp3) is 0.188. The van der Waals surface area contributed by atoms with Crippen molar-refractivity contribution in [2.24, 2.45) is 0 Å². The summed E-state index contributed by atoms with van der Waals surface area (Å²) in [5.74, 6) is 1.44. The van der Waals surface area contributed by atoms with Crippen molar-refractivity contribution >= 4 is 32.7 Å². The van der Waals surface area contributed by atoms with E-state index in [4.69, 9.17) is 0 Å². The van der Waals surface area contributed by atoms with Gasteiger partial charge in [-0.3, -0.25) is 0 Å². The molecule has 0 radical (unpaired) electrons. The molecule has 1 N–H and O–H groups in total.